The van der Waals surface area contributed by atoms with Gasteiger partial charge in [-0.2, -0.15) is 13.2 Å². The fourth-order valence-corrected chi connectivity index (χ4v) is 5.96. The molecular weight excluding hydrogens is 535 g/mol. The molecule has 1 aromatic heterocycles. The van der Waals surface area contributed by atoms with Crippen molar-refractivity contribution in [3.63, 3.8) is 0 Å². The second kappa shape index (κ2) is 12.2. The van der Waals surface area contributed by atoms with Gasteiger partial charge in [0.15, 0.2) is 0 Å². The maximum Gasteiger partial charge on any atom is 0.412 e. The number of allylic oxidation sites excluding steroid dienone is 1. The first-order chi connectivity index (χ1) is 18.1. The Bertz CT molecular complexity index is 1110. The number of aliphatic hydroxyl groups is 3. The second-order valence-corrected chi connectivity index (χ2v) is 12.4. The van der Waals surface area contributed by atoms with Gasteiger partial charge in [-0.05, 0) is 49.2 Å². The Balaban J connectivity index is 1.98. The average molecular weight is 574 g/mol. The van der Waals surface area contributed by atoms with Crippen molar-refractivity contribution in [2.24, 2.45) is 29.1 Å². The highest BCUT2D eigenvalue weighted by atomic mass is 32.1. The summed E-state index contributed by atoms with van der Waals surface area (Å²) < 4.78 is 47.5. The number of ketones is 1. The number of aliphatic hydroxyl groups excluding tert-OH is 3. The zero-order valence-electron chi connectivity index (χ0n) is 22.9. The highest BCUT2D eigenvalue weighted by Crippen LogP contribution is 2.51. The number of carbonyl (C=O) groups excluding carboxylic acids is 2. The first-order valence-electron chi connectivity index (χ1n) is 13.2. The molecule has 0 aromatic carbocycles. The summed E-state index contributed by atoms with van der Waals surface area (Å²) in [4.78, 5) is 30.4. The van der Waals surface area contributed by atoms with Gasteiger partial charge in [0, 0.05) is 23.3 Å². The van der Waals surface area contributed by atoms with Gasteiger partial charge >= 0.3 is 12.1 Å². The number of nitrogens with zero attached hydrogens (tertiary/aromatic N) is 1. The van der Waals surface area contributed by atoms with E-state index in [1.54, 1.807) is 32.2 Å². The van der Waals surface area contributed by atoms with Gasteiger partial charge in [0.2, 0.25) is 0 Å². The number of rotatable bonds is 3. The Morgan fingerprint density at radius 1 is 1.23 bits per heavy atom. The maximum absolute atomic E-state index is 14.0. The van der Waals surface area contributed by atoms with Crippen LogP contribution >= 0.6 is 11.3 Å². The summed E-state index contributed by atoms with van der Waals surface area (Å²) in [5.74, 6) is -3.05. The minimum atomic E-state index is -4.58. The Labute approximate surface area is 230 Å². The van der Waals surface area contributed by atoms with Gasteiger partial charge < -0.3 is 20.1 Å². The summed E-state index contributed by atoms with van der Waals surface area (Å²) >= 11 is 1.22. The van der Waals surface area contributed by atoms with Gasteiger partial charge in [0.05, 0.1) is 36.3 Å². The van der Waals surface area contributed by atoms with Crippen LogP contribution in [0.1, 0.15) is 71.0 Å². The number of alkyl halides is 3. The number of aromatic nitrogens is 1. The van der Waals surface area contributed by atoms with E-state index in [0.29, 0.717) is 22.7 Å². The largest absolute Gasteiger partial charge is 0.457 e. The number of hydrogen-bond donors (Lipinski definition) is 3. The molecule has 7 nitrogen and oxygen atoms in total. The van der Waals surface area contributed by atoms with E-state index in [2.05, 4.69) is 4.98 Å². The molecule has 11 heteroatoms. The van der Waals surface area contributed by atoms with Crippen molar-refractivity contribution in [1.29, 1.82) is 0 Å². The summed E-state index contributed by atoms with van der Waals surface area (Å²) in [6, 6.07) is 0. The van der Waals surface area contributed by atoms with Gasteiger partial charge in [-0.1, -0.05) is 33.8 Å². The van der Waals surface area contributed by atoms with Gasteiger partial charge in [-0.3, -0.25) is 9.59 Å². The van der Waals surface area contributed by atoms with E-state index in [4.69, 9.17) is 4.74 Å². The van der Waals surface area contributed by atoms with Crippen molar-refractivity contribution in [2.75, 3.05) is 0 Å². The van der Waals surface area contributed by atoms with Crippen molar-refractivity contribution in [2.45, 2.75) is 91.4 Å². The van der Waals surface area contributed by atoms with Crippen LogP contribution < -0.4 is 0 Å². The number of esters is 1. The summed E-state index contributed by atoms with van der Waals surface area (Å²) in [6.07, 6.45) is -6.04. The van der Waals surface area contributed by atoms with Crippen LogP contribution in [0.15, 0.2) is 22.6 Å². The van der Waals surface area contributed by atoms with Crippen LogP contribution in [0.4, 0.5) is 13.2 Å². The molecule has 7 atom stereocenters. The highest BCUT2D eigenvalue weighted by Gasteiger charge is 2.49. The van der Waals surface area contributed by atoms with Crippen LogP contribution in [-0.2, 0) is 20.9 Å². The molecule has 0 saturated heterocycles. The predicted molar refractivity (Wildman–Crippen MR) is 140 cm³/mol. The second-order valence-electron chi connectivity index (χ2n) is 11.5. The highest BCUT2D eigenvalue weighted by molar-refractivity contribution is 7.09. The molecule has 4 unspecified atom stereocenters. The molecule has 3 N–H and O–H groups in total. The van der Waals surface area contributed by atoms with E-state index in [-0.39, 0.29) is 31.3 Å². The summed E-state index contributed by atoms with van der Waals surface area (Å²) in [6.45, 7) is 7.66. The average Bonchev–Trinajstić information content (AvgIpc) is 3.49. The number of Topliss-reactive ketones (excluding diaryl/α,β-unsaturated/α-hetero) is 1. The predicted octanol–water partition coefficient (Wildman–Crippen LogP) is 4.85. The van der Waals surface area contributed by atoms with Gasteiger partial charge in [-0.25, -0.2) is 4.98 Å². The third-order valence-electron chi connectivity index (χ3n) is 8.23. The zero-order chi connectivity index (χ0) is 29.3. The lowest BCUT2D eigenvalue weighted by Gasteiger charge is -2.34. The molecule has 2 aliphatic rings. The summed E-state index contributed by atoms with van der Waals surface area (Å²) in [7, 11) is 0. The Hall–Kier alpha value is -2.08. The molecule has 1 fully saturated rings. The molecule has 0 amide bonds. The lowest BCUT2D eigenvalue weighted by molar-refractivity contribution is -0.154. The third kappa shape index (κ3) is 7.56. The molecule has 3 rings (SSSR count). The van der Waals surface area contributed by atoms with Crippen LogP contribution in [0.3, 0.4) is 0 Å². The van der Waals surface area contributed by atoms with Crippen LogP contribution in [0.2, 0.25) is 0 Å². The van der Waals surface area contributed by atoms with E-state index in [0.717, 1.165) is 6.08 Å². The van der Waals surface area contributed by atoms with Gasteiger partial charge in [-0.15, -0.1) is 11.3 Å². The van der Waals surface area contributed by atoms with Crippen molar-refractivity contribution >= 4 is 29.2 Å². The van der Waals surface area contributed by atoms with E-state index < -0.39 is 65.5 Å². The van der Waals surface area contributed by atoms with E-state index in [1.807, 2.05) is 0 Å². The topological polar surface area (TPSA) is 117 Å². The Morgan fingerprint density at radius 3 is 2.49 bits per heavy atom. The van der Waals surface area contributed by atoms with E-state index >= 15 is 0 Å². The van der Waals surface area contributed by atoms with E-state index in [9.17, 15) is 38.1 Å². The molecule has 0 bridgehead atoms. The molecule has 218 valence electrons. The number of thiazole rings is 1. The number of ether oxygens (including phenoxy) is 1. The standard InChI is InChI=1S/C28H38F3NO6S/c1-14(8-19-13-39-23(12-33)32-19)21-7-6-18(28(29,30)31)9-17-10-20(17)15(2)25(36)16(3)26(37)27(4,5)22(34)11-24(35)38-21/h6,8,13,15-17,20-22,25,33-34,36H,7,9-12H2,1-5H3/b14-8+,18-6+/t15?,16?,17?,20?,21-,22-,25-/m0/s1. The first kappa shape index (κ1) is 31.4. The van der Waals surface area contributed by atoms with Crippen LogP contribution in [0.25, 0.3) is 6.08 Å². The first-order valence-corrected chi connectivity index (χ1v) is 14.0. The monoisotopic (exact) mass is 573 g/mol. The lowest BCUT2D eigenvalue weighted by Crippen LogP contribution is -2.46. The minimum Gasteiger partial charge on any atom is -0.457 e. The van der Waals surface area contributed by atoms with E-state index in [1.165, 1.54) is 25.2 Å². The molecule has 1 aliphatic heterocycles. The summed E-state index contributed by atoms with van der Waals surface area (Å²) in [5.41, 5.74) is -1.18. The molecule has 0 radical (unpaired) electrons. The SMILES string of the molecule is C/C(=C\c1csc(CO)n1)[C@@H]1C/C=C(/C(F)(F)F)CC2CC2C(C)[C@H](O)C(C)C(=O)C(C)(C)[C@@H](O)CC(=O)O1. The fraction of sp³-hybridized carbons (Fsp3) is 0.679. The zero-order valence-corrected chi connectivity index (χ0v) is 23.7. The number of cyclic esters (lactones) is 1. The molecule has 1 aromatic rings. The number of hydrogen-bond acceptors (Lipinski definition) is 8. The smallest absolute Gasteiger partial charge is 0.412 e. The van der Waals surface area contributed by atoms with Gasteiger partial charge in [0.25, 0.3) is 0 Å². The number of halogens is 3. The van der Waals surface area contributed by atoms with Crippen LogP contribution in [-0.4, -0.2) is 56.5 Å². The van der Waals surface area contributed by atoms with Crippen molar-refractivity contribution in [1.82, 2.24) is 4.98 Å². The van der Waals surface area contributed by atoms with Crippen LogP contribution in [0.5, 0.6) is 0 Å². The van der Waals surface area contributed by atoms with Gasteiger partial charge in [0.1, 0.15) is 16.9 Å². The lowest BCUT2D eigenvalue weighted by atomic mass is 9.72. The molecule has 1 saturated carbocycles. The molecule has 2 heterocycles. The normalized spacial score (nSPS) is 34.6. The van der Waals surface area contributed by atoms with Crippen LogP contribution in [0, 0.1) is 29.1 Å². The Kier molecular flexibility index (Phi) is 9.84. The van der Waals surface area contributed by atoms with Crippen molar-refractivity contribution < 1.29 is 42.8 Å². The van der Waals surface area contributed by atoms with Crippen molar-refractivity contribution in [3.05, 3.63) is 33.3 Å². The third-order valence-corrected chi connectivity index (χ3v) is 9.08. The number of carbonyl (C=O) groups is 2. The Morgan fingerprint density at radius 2 is 1.90 bits per heavy atom. The molecular formula is C28H38F3NO6S. The fourth-order valence-electron chi connectivity index (χ4n) is 5.35. The molecule has 1 aliphatic carbocycles. The maximum atomic E-state index is 14.0. The summed E-state index contributed by atoms with van der Waals surface area (Å²) in [5, 5.41) is 33.2. The number of fused-ring (bicyclic) bond motifs is 1. The molecule has 39 heavy (non-hydrogen) atoms. The minimum absolute atomic E-state index is 0.164. The molecule has 0 spiro atoms. The van der Waals surface area contributed by atoms with Crippen molar-refractivity contribution in [3.8, 4) is 0 Å². The quantitative estimate of drug-likeness (QED) is 0.350.